The fourth-order valence-electron chi connectivity index (χ4n) is 4.96. The van der Waals surface area contributed by atoms with Gasteiger partial charge in [0.15, 0.2) is 5.72 Å². The summed E-state index contributed by atoms with van der Waals surface area (Å²) in [6.07, 6.45) is 14.9. The molecule has 0 saturated carbocycles. The molecule has 0 unspecified atom stereocenters. The van der Waals surface area contributed by atoms with Gasteiger partial charge in [-0.2, -0.15) is 0 Å². The lowest BCUT2D eigenvalue weighted by Crippen LogP contribution is -2.52. The van der Waals surface area contributed by atoms with Gasteiger partial charge in [-0.05, 0) is 19.8 Å². The number of unbranched alkanes of at least 4 members (excludes halogenated alkanes) is 13. The maximum atomic E-state index is 12.6. The zero-order chi connectivity index (χ0) is 25.0. The van der Waals surface area contributed by atoms with Crippen molar-refractivity contribution in [3.63, 3.8) is 0 Å². The summed E-state index contributed by atoms with van der Waals surface area (Å²) >= 11 is 0. The van der Waals surface area contributed by atoms with E-state index < -0.39 is 41.9 Å². The van der Waals surface area contributed by atoms with Gasteiger partial charge in [-0.25, -0.2) is 4.79 Å². The molecule has 8 nitrogen and oxygen atoms in total. The second kappa shape index (κ2) is 14.8. The van der Waals surface area contributed by atoms with Crippen LogP contribution in [0.3, 0.4) is 0 Å². The minimum absolute atomic E-state index is 0.297. The number of aliphatic hydroxyl groups is 3. The Balaban J connectivity index is 1.78. The third-order valence-corrected chi connectivity index (χ3v) is 7.12. The first-order chi connectivity index (χ1) is 16.4. The quantitative estimate of drug-likeness (QED) is 0.252. The van der Waals surface area contributed by atoms with Crippen molar-refractivity contribution in [2.45, 2.75) is 134 Å². The molecule has 0 aliphatic carbocycles. The summed E-state index contributed by atoms with van der Waals surface area (Å²) in [4.78, 5) is 26.6. The molecule has 2 heterocycles. The van der Waals surface area contributed by atoms with Gasteiger partial charge in [0.2, 0.25) is 0 Å². The van der Waals surface area contributed by atoms with Gasteiger partial charge < -0.3 is 20.1 Å². The smallest absolute Gasteiger partial charge is 0.330 e. The summed E-state index contributed by atoms with van der Waals surface area (Å²) in [6.45, 7) is 3.33. The molecule has 0 bridgehead atoms. The van der Waals surface area contributed by atoms with Crippen molar-refractivity contribution in [2.24, 2.45) is 0 Å². The number of aliphatic hydroxyl groups excluding tert-OH is 3. The van der Waals surface area contributed by atoms with Crippen LogP contribution < -0.4 is 11.2 Å². The Morgan fingerprint density at radius 1 is 0.912 bits per heavy atom. The maximum absolute atomic E-state index is 12.6. The minimum atomic E-state index is -1.52. The van der Waals surface area contributed by atoms with E-state index in [9.17, 15) is 24.9 Å². The average molecular weight is 483 g/mol. The van der Waals surface area contributed by atoms with Crippen molar-refractivity contribution in [3.05, 3.63) is 32.6 Å². The average Bonchev–Trinajstić information content (AvgIpc) is 3.07. The van der Waals surface area contributed by atoms with Gasteiger partial charge >= 0.3 is 5.69 Å². The molecule has 1 saturated heterocycles. The number of H-pyrrole nitrogens is 1. The lowest BCUT2D eigenvalue weighted by atomic mass is 9.95. The standard InChI is InChI=1S/C26H46N2O6/c1-3-4-5-6-7-8-9-10-11-12-13-14-15-16-17-26(23(31)22(30)21(19-29)34-26)28-18-20(2)24(32)27-25(28)33/h18,21-23,29-31H,3-17,19H2,1-2H3,(H,27,32,33)/t21-,22-,23-,26-/m1/s1. The van der Waals surface area contributed by atoms with Crippen LogP contribution in [0.1, 0.15) is 109 Å². The minimum Gasteiger partial charge on any atom is -0.394 e. The number of rotatable bonds is 17. The van der Waals surface area contributed by atoms with Crippen LogP contribution in [0.2, 0.25) is 0 Å². The van der Waals surface area contributed by atoms with Crippen molar-refractivity contribution in [1.29, 1.82) is 0 Å². The Morgan fingerprint density at radius 2 is 1.41 bits per heavy atom. The van der Waals surface area contributed by atoms with E-state index >= 15 is 0 Å². The SMILES string of the molecule is CCCCCCCCCCCCCCCC[C@@]1(n2cc(C)c(=O)[nH]c2=O)O[C@H](CO)[C@@H](O)[C@H]1O. The molecule has 0 aromatic carbocycles. The first-order valence-electron chi connectivity index (χ1n) is 13.3. The topological polar surface area (TPSA) is 125 Å². The van der Waals surface area contributed by atoms with Crippen molar-refractivity contribution >= 4 is 0 Å². The molecule has 196 valence electrons. The molecule has 1 aliphatic heterocycles. The fraction of sp³-hybridized carbons (Fsp3) is 0.846. The molecule has 1 fully saturated rings. The van der Waals surface area contributed by atoms with Crippen LogP contribution in [0.15, 0.2) is 15.8 Å². The molecule has 34 heavy (non-hydrogen) atoms. The van der Waals surface area contributed by atoms with Crippen LogP contribution in [-0.4, -0.2) is 49.8 Å². The van der Waals surface area contributed by atoms with E-state index in [4.69, 9.17) is 4.74 Å². The van der Waals surface area contributed by atoms with Crippen molar-refractivity contribution in [2.75, 3.05) is 6.61 Å². The number of aryl methyl sites for hydroxylation is 1. The second-order valence-electron chi connectivity index (χ2n) is 9.91. The summed E-state index contributed by atoms with van der Waals surface area (Å²) in [6, 6.07) is 0. The predicted molar refractivity (Wildman–Crippen MR) is 133 cm³/mol. The largest absolute Gasteiger partial charge is 0.394 e. The monoisotopic (exact) mass is 482 g/mol. The first kappa shape index (κ1) is 28.8. The van der Waals surface area contributed by atoms with Gasteiger partial charge in [0.1, 0.15) is 18.3 Å². The van der Waals surface area contributed by atoms with Crippen LogP contribution in [0.4, 0.5) is 0 Å². The van der Waals surface area contributed by atoms with Gasteiger partial charge in [-0.15, -0.1) is 0 Å². The maximum Gasteiger partial charge on any atom is 0.330 e. The molecule has 1 aromatic heterocycles. The normalized spacial score (nSPS) is 24.7. The molecule has 0 spiro atoms. The number of nitrogens with one attached hydrogen (secondary N) is 1. The fourth-order valence-corrected chi connectivity index (χ4v) is 4.96. The third kappa shape index (κ3) is 7.77. The molecule has 4 N–H and O–H groups in total. The molecule has 2 rings (SSSR count). The number of nitrogens with zero attached hydrogens (tertiary/aromatic N) is 1. The van der Waals surface area contributed by atoms with Crippen LogP contribution in [0.5, 0.6) is 0 Å². The van der Waals surface area contributed by atoms with E-state index in [0.29, 0.717) is 18.4 Å². The molecule has 8 heteroatoms. The Hall–Kier alpha value is -1.48. The molecule has 1 aliphatic rings. The Kier molecular flexibility index (Phi) is 12.5. The van der Waals surface area contributed by atoms with E-state index in [1.54, 1.807) is 6.92 Å². The van der Waals surface area contributed by atoms with Crippen molar-refractivity contribution in [1.82, 2.24) is 9.55 Å². The van der Waals surface area contributed by atoms with E-state index in [-0.39, 0.29) is 0 Å². The number of hydrogen-bond donors (Lipinski definition) is 4. The highest BCUT2D eigenvalue weighted by Gasteiger charge is 2.55. The Bertz CT molecular complexity index is 822. The molecular weight excluding hydrogens is 436 g/mol. The summed E-state index contributed by atoms with van der Waals surface area (Å²) < 4.78 is 7.06. The Morgan fingerprint density at radius 3 is 1.88 bits per heavy atom. The summed E-state index contributed by atoms with van der Waals surface area (Å²) in [5, 5.41) is 30.7. The van der Waals surface area contributed by atoms with Crippen molar-refractivity contribution in [3.8, 4) is 0 Å². The molecule has 1 aromatic rings. The summed E-state index contributed by atoms with van der Waals surface area (Å²) in [5.41, 5.74) is -2.42. The van der Waals surface area contributed by atoms with Gasteiger partial charge in [0.05, 0.1) is 6.61 Å². The molecule has 0 amide bonds. The predicted octanol–water partition coefficient (Wildman–Crippen LogP) is 3.48. The molecule has 0 radical (unpaired) electrons. The molecular formula is C26H46N2O6. The van der Waals surface area contributed by atoms with Crippen LogP contribution in [0.25, 0.3) is 0 Å². The highest BCUT2D eigenvalue weighted by Crippen LogP contribution is 2.39. The van der Waals surface area contributed by atoms with Gasteiger partial charge in [0.25, 0.3) is 5.56 Å². The van der Waals surface area contributed by atoms with E-state index in [1.165, 1.54) is 75.0 Å². The number of aromatic nitrogens is 2. The van der Waals surface area contributed by atoms with Crippen LogP contribution in [0, 0.1) is 6.92 Å². The highest BCUT2D eigenvalue weighted by molar-refractivity contribution is 5.07. The third-order valence-electron chi connectivity index (χ3n) is 7.12. The first-order valence-corrected chi connectivity index (χ1v) is 13.3. The van der Waals surface area contributed by atoms with Crippen LogP contribution >= 0.6 is 0 Å². The van der Waals surface area contributed by atoms with Crippen molar-refractivity contribution < 1.29 is 20.1 Å². The lowest BCUT2D eigenvalue weighted by Gasteiger charge is -2.34. The summed E-state index contributed by atoms with van der Waals surface area (Å²) in [7, 11) is 0. The zero-order valence-electron chi connectivity index (χ0n) is 21.1. The molecule has 4 atom stereocenters. The number of aromatic amines is 1. The highest BCUT2D eigenvalue weighted by atomic mass is 16.6. The zero-order valence-corrected chi connectivity index (χ0v) is 21.1. The second-order valence-corrected chi connectivity index (χ2v) is 9.91. The number of hydrogen-bond acceptors (Lipinski definition) is 6. The van der Waals surface area contributed by atoms with Gasteiger partial charge in [-0.3, -0.25) is 14.3 Å². The van der Waals surface area contributed by atoms with E-state index in [1.807, 2.05) is 0 Å². The van der Waals surface area contributed by atoms with E-state index in [2.05, 4.69) is 11.9 Å². The van der Waals surface area contributed by atoms with Gasteiger partial charge in [0, 0.05) is 11.8 Å². The van der Waals surface area contributed by atoms with Crippen LogP contribution in [-0.2, 0) is 10.5 Å². The summed E-state index contributed by atoms with van der Waals surface area (Å²) in [5.74, 6) is 0. The van der Waals surface area contributed by atoms with E-state index in [0.717, 1.165) is 19.3 Å². The Labute approximate surface area is 203 Å². The van der Waals surface area contributed by atoms with Gasteiger partial charge in [-0.1, -0.05) is 90.4 Å². The number of ether oxygens (including phenoxy) is 1. The lowest BCUT2D eigenvalue weighted by molar-refractivity contribution is -0.156.